The topological polar surface area (TPSA) is 65.4 Å². The normalized spacial score (nSPS) is 16.7. The fraction of sp³-hybridized carbons (Fsp3) is 0.286. The van der Waals surface area contributed by atoms with Crippen LogP contribution in [0, 0.1) is 11.3 Å². The number of ether oxygens (including phenoxy) is 1. The van der Waals surface area contributed by atoms with Gasteiger partial charge in [-0.3, -0.25) is 9.69 Å². The van der Waals surface area contributed by atoms with Gasteiger partial charge >= 0.3 is 0 Å². The lowest BCUT2D eigenvalue weighted by atomic mass is 9.96. The molecule has 0 spiro atoms. The molecule has 0 aromatic heterocycles. The number of nitrogens with one attached hydrogen (secondary N) is 1. The van der Waals surface area contributed by atoms with Gasteiger partial charge in [0.1, 0.15) is 5.75 Å². The highest BCUT2D eigenvalue weighted by molar-refractivity contribution is 6.30. The van der Waals surface area contributed by atoms with Gasteiger partial charge in [-0.1, -0.05) is 35.9 Å². The van der Waals surface area contributed by atoms with Crippen molar-refractivity contribution in [3.8, 4) is 11.8 Å². The monoisotopic (exact) mass is 473 g/mol. The molecule has 1 fully saturated rings. The van der Waals surface area contributed by atoms with Crippen LogP contribution in [0.25, 0.3) is 0 Å². The molecule has 1 amide bonds. The van der Waals surface area contributed by atoms with Gasteiger partial charge in [0.25, 0.3) is 5.91 Å². The number of amides is 1. The number of rotatable bonds is 7. The fourth-order valence-electron chi connectivity index (χ4n) is 4.36. The second-order valence-corrected chi connectivity index (χ2v) is 9.27. The smallest absolute Gasteiger partial charge is 0.251 e. The summed E-state index contributed by atoms with van der Waals surface area (Å²) in [7, 11) is 0. The van der Waals surface area contributed by atoms with Crippen LogP contribution in [0.4, 0.5) is 0 Å². The van der Waals surface area contributed by atoms with Crippen LogP contribution in [-0.4, -0.2) is 36.0 Å². The van der Waals surface area contributed by atoms with Gasteiger partial charge in [0.15, 0.2) is 0 Å². The molecule has 1 aliphatic heterocycles. The maximum atomic E-state index is 12.7. The predicted molar refractivity (Wildman–Crippen MR) is 134 cm³/mol. The number of carbonyl (C=O) groups excluding carboxylic acids is 1. The highest BCUT2D eigenvalue weighted by Gasteiger charge is 2.31. The van der Waals surface area contributed by atoms with E-state index in [9.17, 15) is 10.1 Å². The van der Waals surface area contributed by atoms with Gasteiger partial charge in [-0.05, 0) is 79.9 Å². The van der Waals surface area contributed by atoms with Crippen molar-refractivity contribution in [2.45, 2.75) is 38.5 Å². The summed E-state index contributed by atoms with van der Waals surface area (Å²) in [5.74, 6) is 0.750. The summed E-state index contributed by atoms with van der Waals surface area (Å²) in [6.45, 7) is 5.60. The molecule has 3 aromatic rings. The standard InChI is InChI=1S/C28H28ClN3O2/c1-19(2)34-26-13-9-22(10-14-26)27(21-5-3-20(17-30)4-6-21)32-16-15-25(18-32)31-28(33)23-7-11-24(29)12-8-23/h3-14,19,25,27H,15-16,18H2,1-2H3,(H,31,33)/t25?,27-/m1/s1. The van der Waals surface area contributed by atoms with Crippen molar-refractivity contribution in [2.75, 3.05) is 13.1 Å². The number of hydrogen-bond acceptors (Lipinski definition) is 4. The molecule has 5 nitrogen and oxygen atoms in total. The van der Waals surface area contributed by atoms with Gasteiger partial charge in [0, 0.05) is 29.7 Å². The van der Waals surface area contributed by atoms with Gasteiger partial charge in [-0.25, -0.2) is 0 Å². The Bertz CT molecular complexity index is 1150. The first-order valence-corrected chi connectivity index (χ1v) is 11.9. The van der Waals surface area contributed by atoms with E-state index in [-0.39, 0.29) is 24.1 Å². The summed E-state index contributed by atoms with van der Waals surface area (Å²) in [5.41, 5.74) is 3.50. The van der Waals surface area contributed by atoms with E-state index in [2.05, 4.69) is 28.4 Å². The summed E-state index contributed by atoms with van der Waals surface area (Å²) in [4.78, 5) is 15.1. The maximum absolute atomic E-state index is 12.7. The first-order chi connectivity index (χ1) is 16.4. The van der Waals surface area contributed by atoms with Crippen LogP contribution in [0.5, 0.6) is 5.75 Å². The molecular weight excluding hydrogens is 446 g/mol. The predicted octanol–water partition coefficient (Wildman–Crippen LogP) is 5.59. The minimum Gasteiger partial charge on any atom is -0.491 e. The Balaban J connectivity index is 1.53. The zero-order chi connectivity index (χ0) is 24.1. The number of nitriles is 1. The number of nitrogens with zero attached hydrogens (tertiary/aromatic N) is 2. The van der Waals surface area contributed by atoms with Crippen LogP contribution >= 0.6 is 11.6 Å². The van der Waals surface area contributed by atoms with E-state index in [1.165, 1.54) is 0 Å². The van der Waals surface area contributed by atoms with Crippen molar-refractivity contribution >= 4 is 17.5 Å². The van der Waals surface area contributed by atoms with Crippen LogP contribution in [0.2, 0.25) is 5.02 Å². The Kier molecular flexibility index (Phi) is 7.52. The van der Waals surface area contributed by atoms with Crippen molar-refractivity contribution in [3.63, 3.8) is 0 Å². The summed E-state index contributed by atoms with van der Waals surface area (Å²) < 4.78 is 5.82. The lowest BCUT2D eigenvalue weighted by Gasteiger charge is -2.29. The Labute approximate surface area is 205 Å². The Morgan fingerprint density at radius 3 is 2.24 bits per heavy atom. The molecule has 0 aliphatic carbocycles. The van der Waals surface area contributed by atoms with Gasteiger partial charge in [0.2, 0.25) is 0 Å². The fourth-order valence-corrected chi connectivity index (χ4v) is 4.49. The molecule has 1 unspecified atom stereocenters. The van der Waals surface area contributed by atoms with Crippen LogP contribution in [0.15, 0.2) is 72.8 Å². The van der Waals surface area contributed by atoms with Crippen molar-refractivity contribution in [3.05, 3.63) is 100 Å². The quantitative estimate of drug-likeness (QED) is 0.485. The highest BCUT2D eigenvalue weighted by Crippen LogP contribution is 2.33. The number of benzene rings is 3. The molecule has 2 atom stereocenters. The van der Waals surface area contributed by atoms with E-state index < -0.39 is 0 Å². The first-order valence-electron chi connectivity index (χ1n) is 11.5. The van der Waals surface area contributed by atoms with Crippen molar-refractivity contribution in [2.24, 2.45) is 0 Å². The summed E-state index contributed by atoms with van der Waals surface area (Å²) in [5, 5.41) is 13.0. The largest absolute Gasteiger partial charge is 0.491 e. The van der Waals surface area contributed by atoms with Gasteiger partial charge in [-0.2, -0.15) is 5.26 Å². The minimum absolute atomic E-state index is 0.0123. The molecule has 1 saturated heterocycles. The van der Waals surface area contributed by atoms with Crippen molar-refractivity contribution in [1.29, 1.82) is 5.26 Å². The molecule has 1 heterocycles. The van der Waals surface area contributed by atoms with Crippen LogP contribution in [0.1, 0.15) is 53.4 Å². The molecule has 0 saturated carbocycles. The lowest BCUT2D eigenvalue weighted by Crippen LogP contribution is -2.38. The van der Waals surface area contributed by atoms with Gasteiger partial charge < -0.3 is 10.1 Å². The highest BCUT2D eigenvalue weighted by atomic mass is 35.5. The van der Waals surface area contributed by atoms with Gasteiger partial charge in [0.05, 0.1) is 23.8 Å². The number of hydrogen-bond donors (Lipinski definition) is 1. The van der Waals surface area contributed by atoms with E-state index in [1.807, 2.05) is 50.2 Å². The lowest BCUT2D eigenvalue weighted by molar-refractivity contribution is 0.0937. The molecule has 34 heavy (non-hydrogen) atoms. The molecule has 4 rings (SSSR count). The third-order valence-corrected chi connectivity index (χ3v) is 6.20. The van der Waals surface area contributed by atoms with E-state index >= 15 is 0 Å². The van der Waals surface area contributed by atoms with Crippen LogP contribution in [-0.2, 0) is 0 Å². The minimum atomic E-state index is -0.0892. The molecule has 1 aliphatic rings. The summed E-state index contributed by atoms with van der Waals surface area (Å²) in [6, 6.07) is 25.1. The Morgan fingerprint density at radius 2 is 1.65 bits per heavy atom. The molecular formula is C28H28ClN3O2. The number of carbonyl (C=O) groups is 1. The Morgan fingerprint density at radius 1 is 1.03 bits per heavy atom. The summed E-state index contributed by atoms with van der Waals surface area (Å²) >= 11 is 5.95. The van der Waals surface area contributed by atoms with Crippen molar-refractivity contribution < 1.29 is 9.53 Å². The van der Waals surface area contributed by atoms with Gasteiger partial charge in [-0.15, -0.1) is 0 Å². The Hall–Kier alpha value is -3.33. The maximum Gasteiger partial charge on any atom is 0.251 e. The molecule has 174 valence electrons. The third-order valence-electron chi connectivity index (χ3n) is 5.95. The third kappa shape index (κ3) is 5.77. The zero-order valence-corrected chi connectivity index (χ0v) is 20.1. The van der Waals surface area contributed by atoms with Crippen molar-refractivity contribution in [1.82, 2.24) is 10.2 Å². The molecule has 6 heteroatoms. The summed E-state index contributed by atoms with van der Waals surface area (Å²) in [6.07, 6.45) is 0.976. The average Bonchev–Trinajstić information content (AvgIpc) is 3.28. The zero-order valence-electron chi connectivity index (χ0n) is 19.4. The molecule has 0 bridgehead atoms. The number of halogens is 1. The molecule has 0 radical (unpaired) electrons. The average molecular weight is 474 g/mol. The molecule has 3 aromatic carbocycles. The first kappa shape index (κ1) is 23.8. The van der Waals surface area contributed by atoms with E-state index in [0.29, 0.717) is 16.1 Å². The van der Waals surface area contributed by atoms with E-state index in [0.717, 1.165) is 36.4 Å². The second kappa shape index (κ2) is 10.7. The van der Waals surface area contributed by atoms with E-state index in [4.69, 9.17) is 16.3 Å². The SMILES string of the molecule is CC(C)Oc1ccc([C@@H](c2ccc(C#N)cc2)N2CCC(NC(=O)c3ccc(Cl)cc3)C2)cc1. The van der Waals surface area contributed by atoms with Crippen LogP contribution in [0.3, 0.4) is 0 Å². The number of likely N-dealkylation sites (tertiary alicyclic amines) is 1. The van der Waals surface area contributed by atoms with E-state index in [1.54, 1.807) is 24.3 Å². The second-order valence-electron chi connectivity index (χ2n) is 8.83. The molecule has 1 N–H and O–H groups in total. The van der Waals surface area contributed by atoms with Crippen LogP contribution < -0.4 is 10.1 Å².